The van der Waals surface area contributed by atoms with Gasteiger partial charge in [-0.15, -0.1) is 4.41 Å². The van der Waals surface area contributed by atoms with Crippen molar-refractivity contribution in [2.45, 2.75) is 60.3 Å². The van der Waals surface area contributed by atoms with Gasteiger partial charge in [0.2, 0.25) is 0 Å². The highest BCUT2D eigenvalue weighted by Crippen LogP contribution is 2.21. The normalized spacial score (nSPS) is 15.1. The SMILES string of the molecule is CCC.CCCN(N)S(=O)(=O)NC1=C(C)CCC(NCC)=C1. The van der Waals surface area contributed by atoms with Gasteiger partial charge in [-0.2, -0.15) is 8.42 Å². The first kappa shape index (κ1) is 20.9. The molecule has 0 atom stereocenters. The number of hydrogen-bond acceptors (Lipinski definition) is 4. The van der Waals surface area contributed by atoms with Gasteiger partial charge in [-0.1, -0.05) is 27.2 Å². The summed E-state index contributed by atoms with van der Waals surface area (Å²) in [5, 5.41) is 3.22. The third kappa shape index (κ3) is 7.29. The van der Waals surface area contributed by atoms with Crippen LogP contribution in [0.2, 0.25) is 0 Å². The molecule has 6 nitrogen and oxygen atoms in total. The van der Waals surface area contributed by atoms with Crippen molar-refractivity contribution in [3.8, 4) is 0 Å². The molecule has 0 bridgehead atoms. The average Bonchev–Trinajstić information content (AvgIpc) is 2.44. The van der Waals surface area contributed by atoms with Crippen molar-refractivity contribution < 1.29 is 8.42 Å². The molecule has 130 valence electrons. The molecule has 1 aliphatic carbocycles. The van der Waals surface area contributed by atoms with Crippen LogP contribution in [0.3, 0.4) is 0 Å². The largest absolute Gasteiger partial charge is 0.389 e. The molecule has 0 spiro atoms. The average molecular weight is 333 g/mol. The van der Waals surface area contributed by atoms with Crippen molar-refractivity contribution in [1.29, 1.82) is 0 Å². The van der Waals surface area contributed by atoms with Crippen LogP contribution in [0.25, 0.3) is 0 Å². The van der Waals surface area contributed by atoms with Gasteiger partial charge in [-0.05, 0) is 44.8 Å². The van der Waals surface area contributed by atoms with Gasteiger partial charge in [0.15, 0.2) is 0 Å². The fraction of sp³-hybridized carbons (Fsp3) is 0.733. The van der Waals surface area contributed by atoms with Gasteiger partial charge in [0, 0.05) is 18.8 Å². The summed E-state index contributed by atoms with van der Waals surface area (Å²) in [4.78, 5) is 0. The Balaban J connectivity index is 0.00000135. The Morgan fingerprint density at radius 1 is 1.23 bits per heavy atom. The number of allylic oxidation sites excluding steroid dienone is 3. The quantitative estimate of drug-likeness (QED) is 0.493. The summed E-state index contributed by atoms with van der Waals surface area (Å²) in [5.74, 6) is 5.54. The molecule has 0 saturated heterocycles. The van der Waals surface area contributed by atoms with Crippen LogP contribution in [0, 0.1) is 0 Å². The third-order valence-electron chi connectivity index (χ3n) is 2.94. The topological polar surface area (TPSA) is 87.5 Å². The standard InChI is InChI=1S/C12H24N4O2S.C3H8/c1-4-8-16(13)19(17,18)15-12-9-11(14-5-2)7-6-10(12)3;1-3-2/h9,14-15H,4-8,13H2,1-3H3;3H2,1-2H3. The summed E-state index contributed by atoms with van der Waals surface area (Å²) in [7, 11) is -3.66. The Labute approximate surface area is 136 Å². The first-order chi connectivity index (χ1) is 10.3. The maximum absolute atomic E-state index is 12.0. The minimum atomic E-state index is -3.66. The minimum absolute atomic E-state index is 0.297. The van der Waals surface area contributed by atoms with Crippen LogP contribution in [0.4, 0.5) is 0 Å². The van der Waals surface area contributed by atoms with Crippen molar-refractivity contribution in [3.05, 3.63) is 23.0 Å². The van der Waals surface area contributed by atoms with Crippen LogP contribution < -0.4 is 15.9 Å². The van der Waals surface area contributed by atoms with Gasteiger partial charge >= 0.3 is 10.2 Å². The van der Waals surface area contributed by atoms with Crippen molar-refractivity contribution in [1.82, 2.24) is 14.5 Å². The molecule has 1 aliphatic rings. The van der Waals surface area contributed by atoms with Gasteiger partial charge < -0.3 is 5.32 Å². The second-order valence-electron chi connectivity index (χ2n) is 5.32. The molecular weight excluding hydrogens is 300 g/mol. The van der Waals surface area contributed by atoms with Crippen LogP contribution in [-0.2, 0) is 10.2 Å². The van der Waals surface area contributed by atoms with Gasteiger partial charge in [0.25, 0.3) is 0 Å². The van der Waals surface area contributed by atoms with Crippen LogP contribution in [0.5, 0.6) is 0 Å². The number of hydrazine groups is 1. The monoisotopic (exact) mass is 332 g/mol. The molecule has 0 amide bonds. The van der Waals surface area contributed by atoms with E-state index in [1.165, 1.54) is 6.42 Å². The maximum Gasteiger partial charge on any atom is 0.314 e. The Morgan fingerprint density at radius 3 is 2.32 bits per heavy atom. The highest BCUT2D eigenvalue weighted by atomic mass is 32.2. The summed E-state index contributed by atoms with van der Waals surface area (Å²) in [6.07, 6.45) is 5.52. The Hall–Kier alpha value is -1.05. The summed E-state index contributed by atoms with van der Waals surface area (Å²) < 4.78 is 27.4. The van der Waals surface area contributed by atoms with E-state index in [0.29, 0.717) is 18.7 Å². The first-order valence-electron chi connectivity index (χ1n) is 8.01. The van der Waals surface area contributed by atoms with E-state index in [9.17, 15) is 8.42 Å². The van der Waals surface area contributed by atoms with Crippen molar-refractivity contribution in [2.24, 2.45) is 5.84 Å². The summed E-state index contributed by atoms with van der Waals surface area (Å²) >= 11 is 0. The summed E-state index contributed by atoms with van der Waals surface area (Å²) in [5.41, 5.74) is 2.69. The first-order valence-corrected chi connectivity index (χ1v) is 9.45. The molecule has 1 rings (SSSR count). The molecule has 0 aliphatic heterocycles. The van der Waals surface area contributed by atoms with E-state index < -0.39 is 10.2 Å². The maximum atomic E-state index is 12.0. The lowest BCUT2D eigenvalue weighted by molar-refractivity contribution is 0.420. The predicted molar refractivity (Wildman–Crippen MR) is 92.9 cm³/mol. The number of nitrogens with two attached hydrogens (primary N) is 1. The number of nitrogens with one attached hydrogen (secondary N) is 2. The lowest BCUT2D eigenvalue weighted by Crippen LogP contribution is -2.45. The van der Waals surface area contributed by atoms with Crippen LogP contribution in [0.15, 0.2) is 23.0 Å². The van der Waals surface area contributed by atoms with Crippen LogP contribution in [0.1, 0.15) is 60.3 Å². The van der Waals surface area contributed by atoms with Gasteiger partial charge in [0.05, 0.1) is 5.70 Å². The molecule has 0 radical (unpaired) electrons. The van der Waals surface area contributed by atoms with Gasteiger partial charge in [0.1, 0.15) is 0 Å². The zero-order valence-electron chi connectivity index (χ0n) is 14.6. The number of hydrogen-bond donors (Lipinski definition) is 3. The zero-order valence-corrected chi connectivity index (χ0v) is 15.4. The molecule has 7 heteroatoms. The molecule has 0 saturated carbocycles. The smallest absolute Gasteiger partial charge is 0.314 e. The molecule has 4 N–H and O–H groups in total. The van der Waals surface area contributed by atoms with E-state index >= 15 is 0 Å². The molecule has 0 heterocycles. The Morgan fingerprint density at radius 2 is 1.82 bits per heavy atom. The molecule has 0 unspecified atom stereocenters. The minimum Gasteiger partial charge on any atom is -0.389 e. The van der Waals surface area contributed by atoms with Crippen LogP contribution in [-0.4, -0.2) is 25.9 Å². The molecular formula is C15H32N4O2S. The fourth-order valence-corrected chi connectivity index (χ4v) is 2.90. The van der Waals surface area contributed by atoms with Crippen LogP contribution >= 0.6 is 0 Å². The fourth-order valence-electron chi connectivity index (χ4n) is 1.85. The zero-order chi connectivity index (χ0) is 17.2. The second-order valence-corrected chi connectivity index (χ2v) is 6.94. The highest BCUT2D eigenvalue weighted by molar-refractivity contribution is 7.87. The third-order valence-corrected chi connectivity index (χ3v) is 4.22. The highest BCUT2D eigenvalue weighted by Gasteiger charge is 2.20. The lowest BCUT2D eigenvalue weighted by Gasteiger charge is -2.22. The Kier molecular flexibility index (Phi) is 10.1. The van der Waals surface area contributed by atoms with E-state index in [1.54, 1.807) is 0 Å². The van der Waals surface area contributed by atoms with E-state index in [0.717, 1.165) is 35.1 Å². The Bertz CT molecular complexity index is 480. The van der Waals surface area contributed by atoms with Crippen molar-refractivity contribution in [3.63, 3.8) is 0 Å². The van der Waals surface area contributed by atoms with E-state index in [-0.39, 0.29) is 0 Å². The number of nitrogens with zero attached hydrogens (tertiary/aromatic N) is 1. The van der Waals surface area contributed by atoms with E-state index in [4.69, 9.17) is 5.84 Å². The number of rotatable bonds is 7. The molecule has 22 heavy (non-hydrogen) atoms. The van der Waals surface area contributed by atoms with Gasteiger partial charge in [-0.25, -0.2) is 0 Å². The van der Waals surface area contributed by atoms with E-state index in [2.05, 4.69) is 23.9 Å². The molecule has 0 aromatic carbocycles. The van der Waals surface area contributed by atoms with E-state index in [1.807, 2.05) is 26.8 Å². The van der Waals surface area contributed by atoms with Crippen molar-refractivity contribution >= 4 is 10.2 Å². The predicted octanol–water partition coefficient (Wildman–Crippen LogP) is 2.38. The van der Waals surface area contributed by atoms with Gasteiger partial charge in [-0.3, -0.25) is 10.6 Å². The summed E-state index contributed by atoms with van der Waals surface area (Å²) in [6, 6.07) is 0. The second kappa shape index (κ2) is 10.6. The molecule has 0 fully saturated rings. The lowest BCUT2D eigenvalue weighted by atomic mass is 10.0. The molecule has 0 aromatic rings. The molecule has 0 aromatic heterocycles. The van der Waals surface area contributed by atoms with Crippen molar-refractivity contribution in [2.75, 3.05) is 13.1 Å². The summed E-state index contributed by atoms with van der Waals surface area (Å²) in [6.45, 7) is 11.2.